The highest BCUT2D eigenvalue weighted by Crippen LogP contribution is 2.16. The van der Waals surface area contributed by atoms with Gasteiger partial charge in [-0.3, -0.25) is 4.90 Å². The van der Waals surface area contributed by atoms with Crippen LogP contribution in [0, 0.1) is 11.3 Å². The molecule has 0 amide bonds. The van der Waals surface area contributed by atoms with Gasteiger partial charge in [0.2, 0.25) is 0 Å². The summed E-state index contributed by atoms with van der Waals surface area (Å²) in [6.45, 7) is 4.41. The zero-order valence-electron chi connectivity index (χ0n) is 9.29. The first-order chi connectivity index (χ1) is 6.79. The number of nitrogens with one attached hydrogen (secondary N) is 1. The fourth-order valence-corrected chi connectivity index (χ4v) is 2.19. The van der Waals surface area contributed by atoms with E-state index in [1.54, 1.807) is 0 Å². The molecule has 1 atom stereocenters. The largest absolute Gasteiger partial charge is 0.317 e. The van der Waals surface area contributed by atoms with Gasteiger partial charge in [0.15, 0.2) is 0 Å². The third-order valence-electron chi connectivity index (χ3n) is 3.26. The Hall–Kier alpha value is -0.590. The molecule has 0 aliphatic carbocycles. The van der Waals surface area contributed by atoms with Gasteiger partial charge in [-0.1, -0.05) is 6.92 Å². The highest BCUT2D eigenvalue weighted by molar-refractivity contribution is 4.85. The van der Waals surface area contributed by atoms with E-state index in [0.29, 0.717) is 18.5 Å². The van der Waals surface area contributed by atoms with Crippen molar-refractivity contribution in [2.24, 2.45) is 0 Å². The summed E-state index contributed by atoms with van der Waals surface area (Å²) in [7, 11) is 2.17. The van der Waals surface area contributed by atoms with Crippen molar-refractivity contribution in [3.8, 4) is 6.07 Å². The monoisotopic (exact) mass is 195 g/mol. The number of nitriles is 1. The highest BCUT2D eigenvalue weighted by atomic mass is 15.2. The van der Waals surface area contributed by atoms with Crippen LogP contribution >= 0.6 is 0 Å². The van der Waals surface area contributed by atoms with Crippen molar-refractivity contribution in [2.75, 3.05) is 20.1 Å². The van der Waals surface area contributed by atoms with Gasteiger partial charge in [0, 0.05) is 12.1 Å². The molecule has 0 bridgehead atoms. The molecule has 1 rings (SSSR count). The molecule has 0 aromatic rings. The fourth-order valence-electron chi connectivity index (χ4n) is 2.19. The van der Waals surface area contributed by atoms with Crippen LogP contribution in [0.2, 0.25) is 0 Å². The maximum Gasteiger partial charge on any atom is 0.0638 e. The van der Waals surface area contributed by atoms with Gasteiger partial charge in [0.1, 0.15) is 0 Å². The Morgan fingerprint density at radius 3 is 2.64 bits per heavy atom. The zero-order valence-corrected chi connectivity index (χ0v) is 9.29. The summed E-state index contributed by atoms with van der Waals surface area (Å²) >= 11 is 0. The molecule has 0 radical (unpaired) electrons. The maximum absolute atomic E-state index is 8.73. The topological polar surface area (TPSA) is 39.1 Å². The van der Waals surface area contributed by atoms with Gasteiger partial charge in [0.25, 0.3) is 0 Å². The van der Waals surface area contributed by atoms with E-state index in [-0.39, 0.29) is 0 Å². The standard InChI is InChI=1S/C11H21N3/c1-3-10(4-7-12)14(2)11-5-8-13-9-6-11/h10-11,13H,3-6,8-9H2,1-2H3. The first-order valence-electron chi connectivity index (χ1n) is 5.59. The maximum atomic E-state index is 8.73. The number of piperidine rings is 1. The van der Waals surface area contributed by atoms with Crippen LogP contribution in [0.4, 0.5) is 0 Å². The average molecular weight is 195 g/mol. The molecule has 0 aromatic carbocycles. The van der Waals surface area contributed by atoms with Crippen molar-refractivity contribution in [3.05, 3.63) is 0 Å². The van der Waals surface area contributed by atoms with Crippen LogP contribution in [0.25, 0.3) is 0 Å². The van der Waals surface area contributed by atoms with E-state index in [4.69, 9.17) is 5.26 Å². The molecule has 1 unspecified atom stereocenters. The van der Waals surface area contributed by atoms with Gasteiger partial charge in [-0.15, -0.1) is 0 Å². The van der Waals surface area contributed by atoms with Crippen molar-refractivity contribution < 1.29 is 0 Å². The molecule has 3 nitrogen and oxygen atoms in total. The minimum Gasteiger partial charge on any atom is -0.317 e. The lowest BCUT2D eigenvalue weighted by molar-refractivity contribution is 0.141. The van der Waals surface area contributed by atoms with Crippen molar-refractivity contribution in [3.63, 3.8) is 0 Å². The average Bonchev–Trinajstić information content (AvgIpc) is 2.26. The van der Waals surface area contributed by atoms with E-state index >= 15 is 0 Å². The van der Waals surface area contributed by atoms with E-state index in [1.807, 2.05) is 0 Å². The molecular weight excluding hydrogens is 174 g/mol. The predicted molar refractivity (Wildman–Crippen MR) is 58.0 cm³/mol. The number of rotatable bonds is 4. The Morgan fingerprint density at radius 1 is 1.50 bits per heavy atom. The molecule has 0 saturated carbocycles. The molecule has 3 heteroatoms. The van der Waals surface area contributed by atoms with E-state index in [1.165, 1.54) is 12.8 Å². The molecule has 0 spiro atoms. The fraction of sp³-hybridized carbons (Fsp3) is 0.909. The lowest BCUT2D eigenvalue weighted by atomic mass is 10.0. The highest BCUT2D eigenvalue weighted by Gasteiger charge is 2.22. The van der Waals surface area contributed by atoms with Crippen molar-refractivity contribution in [2.45, 2.75) is 44.7 Å². The van der Waals surface area contributed by atoms with Crippen molar-refractivity contribution >= 4 is 0 Å². The van der Waals surface area contributed by atoms with E-state index in [0.717, 1.165) is 19.5 Å². The zero-order chi connectivity index (χ0) is 10.4. The van der Waals surface area contributed by atoms with Crippen molar-refractivity contribution in [1.29, 1.82) is 5.26 Å². The molecule has 1 N–H and O–H groups in total. The van der Waals surface area contributed by atoms with Crippen LogP contribution in [0.15, 0.2) is 0 Å². The van der Waals surface area contributed by atoms with Gasteiger partial charge in [-0.05, 0) is 39.4 Å². The van der Waals surface area contributed by atoms with E-state index in [9.17, 15) is 0 Å². The number of nitrogens with zero attached hydrogens (tertiary/aromatic N) is 2. The molecule has 80 valence electrons. The Kier molecular flexibility index (Phi) is 4.92. The second-order valence-corrected chi connectivity index (χ2v) is 4.07. The second kappa shape index (κ2) is 6.00. The second-order valence-electron chi connectivity index (χ2n) is 4.07. The van der Waals surface area contributed by atoms with Gasteiger partial charge in [-0.2, -0.15) is 5.26 Å². The molecule has 0 aromatic heterocycles. The number of hydrogen-bond acceptors (Lipinski definition) is 3. The minimum atomic E-state index is 0.447. The minimum absolute atomic E-state index is 0.447. The summed E-state index contributed by atoms with van der Waals surface area (Å²) in [6, 6.07) is 3.40. The van der Waals surface area contributed by atoms with E-state index in [2.05, 4.69) is 30.3 Å². The van der Waals surface area contributed by atoms with Crippen LogP contribution in [0.1, 0.15) is 32.6 Å². The smallest absolute Gasteiger partial charge is 0.0638 e. The predicted octanol–water partition coefficient (Wildman–Crippen LogP) is 1.36. The van der Waals surface area contributed by atoms with Crippen LogP contribution < -0.4 is 5.32 Å². The molecule has 1 heterocycles. The first-order valence-corrected chi connectivity index (χ1v) is 5.59. The summed E-state index contributed by atoms with van der Waals surface area (Å²) in [5, 5.41) is 12.1. The third kappa shape index (κ3) is 2.97. The Balaban J connectivity index is 2.43. The lowest BCUT2D eigenvalue weighted by Crippen LogP contribution is -2.45. The normalized spacial score (nSPS) is 20.7. The Morgan fingerprint density at radius 2 is 2.14 bits per heavy atom. The number of hydrogen-bond donors (Lipinski definition) is 1. The van der Waals surface area contributed by atoms with Crippen LogP contribution in [-0.2, 0) is 0 Å². The summed E-state index contributed by atoms with van der Waals surface area (Å²) in [4.78, 5) is 2.41. The molecule has 14 heavy (non-hydrogen) atoms. The van der Waals surface area contributed by atoms with E-state index < -0.39 is 0 Å². The summed E-state index contributed by atoms with van der Waals surface area (Å²) in [5.74, 6) is 0. The molecule has 1 fully saturated rings. The van der Waals surface area contributed by atoms with Crippen LogP contribution in [0.5, 0.6) is 0 Å². The Labute approximate surface area is 87.1 Å². The van der Waals surface area contributed by atoms with Crippen LogP contribution in [0.3, 0.4) is 0 Å². The summed E-state index contributed by atoms with van der Waals surface area (Å²) < 4.78 is 0. The van der Waals surface area contributed by atoms with Gasteiger partial charge in [0.05, 0.1) is 12.5 Å². The lowest BCUT2D eigenvalue weighted by Gasteiger charge is -2.36. The summed E-state index contributed by atoms with van der Waals surface area (Å²) in [6.07, 6.45) is 4.18. The Bertz CT molecular complexity index is 191. The SMILES string of the molecule is CCC(CC#N)N(C)C1CCNCC1. The third-order valence-corrected chi connectivity index (χ3v) is 3.26. The van der Waals surface area contributed by atoms with Gasteiger partial charge in [-0.25, -0.2) is 0 Å². The quantitative estimate of drug-likeness (QED) is 0.736. The molecule has 1 saturated heterocycles. The van der Waals surface area contributed by atoms with Crippen molar-refractivity contribution in [1.82, 2.24) is 10.2 Å². The first kappa shape index (κ1) is 11.5. The van der Waals surface area contributed by atoms with Crippen LogP contribution in [-0.4, -0.2) is 37.1 Å². The molecule has 1 aliphatic heterocycles. The molecule has 1 aliphatic rings. The molecular formula is C11H21N3. The van der Waals surface area contributed by atoms with Gasteiger partial charge >= 0.3 is 0 Å². The summed E-state index contributed by atoms with van der Waals surface area (Å²) in [5.41, 5.74) is 0. The van der Waals surface area contributed by atoms with Gasteiger partial charge < -0.3 is 5.32 Å².